The van der Waals surface area contributed by atoms with E-state index in [2.05, 4.69) is 16.0 Å². The van der Waals surface area contributed by atoms with E-state index in [4.69, 9.17) is 14.7 Å². The molecule has 0 fully saturated rings. The van der Waals surface area contributed by atoms with Gasteiger partial charge in [-0.1, -0.05) is 6.42 Å². The number of halogens is 1. The molecule has 9 N–H and O–H groups in total. The van der Waals surface area contributed by atoms with E-state index in [1.165, 1.54) is 12.1 Å². The largest absolute Gasteiger partial charge is 0.481 e. The normalized spacial score (nSPS) is 14.0. The summed E-state index contributed by atoms with van der Waals surface area (Å²) in [5.74, 6) is -8.08. The van der Waals surface area contributed by atoms with E-state index in [0.29, 0.717) is 31.4 Å². The van der Waals surface area contributed by atoms with E-state index in [0.717, 1.165) is 12.1 Å². The van der Waals surface area contributed by atoms with Gasteiger partial charge in [0.25, 0.3) is 5.91 Å². The Balaban J connectivity index is 2.40. The number of unbranched alkanes of at least 4 members (excludes halogenated alkanes) is 2. The van der Waals surface area contributed by atoms with Gasteiger partial charge in [0.2, 0.25) is 11.8 Å². The molecule has 0 heterocycles. The van der Waals surface area contributed by atoms with Crippen LogP contribution in [-0.4, -0.2) is 98.2 Å². The summed E-state index contributed by atoms with van der Waals surface area (Å²) in [5.41, 5.74) is 0.295. The second kappa shape index (κ2) is 21.4. The third kappa shape index (κ3) is 18.0. The van der Waals surface area contributed by atoms with Gasteiger partial charge >= 0.3 is 31.6 Å². The maximum Gasteiger partial charge on any atom is 0.403 e. The molecule has 0 aliphatic carbocycles. The SMILES string of the molecule is O=C(O)CC[C@H](NP(=O)(O)OCCC[C@H](NC(=O)CC[C@H](NC(=O)CCCCCNC(=O)c1ccc([18F])cc1)C(=O)O)C(=O)O)C(=O)O. The second-order valence-electron chi connectivity index (χ2n) is 10.5. The van der Waals surface area contributed by atoms with Gasteiger partial charge in [-0.25, -0.2) is 23.6 Å². The minimum absolute atomic E-state index is 0.0271. The molecule has 0 radical (unpaired) electrons. The molecule has 0 aliphatic heterocycles. The van der Waals surface area contributed by atoms with E-state index in [1.807, 2.05) is 5.09 Å². The van der Waals surface area contributed by atoms with Crippen LogP contribution in [0.3, 0.4) is 0 Å². The first-order chi connectivity index (χ1) is 22.5. The average molecular weight is 706 g/mol. The molecule has 0 spiro atoms. The van der Waals surface area contributed by atoms with Crippen molar-refractivity contribution in [3.8, 4) is 0 Å². The van der Waals surface area contributed by atoms with Crippen LogP contribution >= 0.6 is 7.75 Å². The Hall–Kier alpha value is -4.45. The van der Waals surface area contributed by atoms with E-state index in [9.17, 15) is 57.6 Å². The Morgan fingerprint density at radius 2 is 1.25 bits per heavy atom. The van der Waals surface area contributed by atoms with E-state index >= 15 is 0 Å². The molecular formula is C28H40FN4O14P. The predicted octanol–water partition coefficient (Wildman–Crippen LogP) is 0.840. The number of benzene rings is 1. The molecule has 0 saturated carbocycles. The van der Waals surface area contributed by atoms with Gasteiger partial charge in [-0.15, -0.1) is 0 Å². The van der Waals surface area contributed by atoms with Crippen molar-refractivity contribution in [3.63, 3.8) is 0 Å². The number of carboxylic acid groups (broad SMARTS) is 4. The molecule has 268 valence electrons. The highest BCUT2D eigenvalue weighted by Gasteiger charge is 2.30. The third-order valence-electron chi connectivity index (χ3n) is 6.57. The molecule has 0 saturated heterocycles. The Bertz CT molecular complexity index is 1330. The van der Waals surface area contributed by atoms with Crippen LogP contribution in [0.4, 0.5) is 4.39 Å². The maximum absolute atomic E-state index is 13.0. The number of hydrogen-bond acceptors (Lipinski definition) is 9. The fraction of sp³-hybridized carbons (Fsp3) is 0.536. The number of hydrogen-bond donors (Lipinski definition) is 9. The van der Waals surface area contributed by atoms with Crippen LogP contribution in [0.1, 0.15) is 74.6 Å². The lowest BCUT2D eigenvalue weighted by Crippen LogP contribution is -2.44. The number of nitrogens with one attached hydrogen (secondary N) is 4. The highest BCUT2D eigenvalue weighted by molar-refractivity contribution is 7.50. The van der Waals surface area contributed by atoms with Crippen LogP contribution in [0.5, 0.6) is 0 Å². The summed E-state index contributed by atoms with van der Waals surface area (Å²) in [5, 5.41) is 45.5. The van der Waals surface area contributed by atoms with Crippen LogP contribution in [0.25, 0.3) is 0 Å². The van der Waals surface area contributed by atoms with Gasteiger partial charge in [0, 0.05) is 31.4 Å². The lowest BCUT2D eigenvalue weighted by atomic mass is 10.1. The summed E-state index contributed by atoms with van der Waals surface area (Å²) in [7, 11) is -4.72. The smallest absolute Gasteiger partial charge is 0.403 e. The summed E-state index contributed by atoms with van der Waals surface area (Å²) < 4.78 is 29.8. The van der Waals surface area contributed by atoms with Crippen LogP contribution in [0, 0.1) is 5.82 Å². The fourth-order valence-electron chi connectivity index (χ4n) is 4.04. The lowest BCUT2D eigenvalue weighted by Gasteiger charge is -2.19. The van der Waals surface area contributed by atoms with Crippen molar-refractivity contribution in [2.45, 2.75) is 82.3 Å². The molecule has 18 nitrogen and oxygen atoms in total. The lowest BCUT2D eigenvalue weighted by molar-refractivity contribution is -0.143. The zero-order chi connectivity index (χ0) is 36.3. The predicted molar refractivity (Wildman–Crippen MR) is 162 cm³/mol. The number of rotatable bonds is 25. The minimum atomic E-state index is -4.72. The first-order valence-electron chi connectivity index (χ1n) is 14.8. The van der Waals surface area contributed by atoms with Gasteiger partial charge in [0.05, 0.1) is 6.61 Å². The van der Waals surface area contributed by atoms with Crippen molar-refractivity contribution in [1.82, 2.24) is 21.0 Å². The summed E-state index contributed by atoms with van der Waals surface area (Å²) >= 11 is 0. The van der Waals surface area contributed by atoms with Crippen molar-refractivity contribution in [3.05, 3.63) is 35.6 Å². The summed E-state index contributed by atoms with van der Waals surface area (Å²) in [6.45, 7) is -0.235. The Labute approximate surface area is 274 Å². The van der Waals surface area contributed by atoms with Gasteiger partial charge in [-0.3, -0.25) is 28.5 Å². The van der Waals surface area contributed by atoms with E-state index in [-0.39, 0.29) is 31.6 Å². The fourth-order valence-corrected chi connectivity index (χ4v) is 5.12. The van der Waals surface area contributed by atoms with Crippen LogP contribution in [0.2, 0.25) is 0 Å². The van der Waals surface area contributed by atoms with E-state index < -0.39 is 93.3 Å². The second-order valence-corrected chi connectivity index (χ2v) is 12.0. The van der Waals surface area contributed by atoms with Crippen molar-refractivity contribution in [1.29, 1.82) is 0 Å². The van der Waals surface area contributed by atoms with Gasteiger partial charge in [-0.05, 0) is 62.8 Å². The number of carbonyl (C=O) groups is 7. The van der Waals surface area contributed by atoms with E-state index in [1.54, 1.807) is 0 Å². The van der Waals surface area contributed by atoms with Crippen molar-refractivity contribution < 1.29 is 72.4 Å². The Morgan fingerprint density at radius 3 is 1.81 bits per heavy atom. The van der Waals surface area contributed by atoms with Gasteiger partial charge < -0.3 is 41.3 Å². The topological polar surface area (TPSA) is 295 Å². The molecule has 0 aliphatic rings. The molecule has 4 atom stereocenters. The van der Waals surface area contributed by atoms with Crippen LogP contribution < -0.4 is 21.0 Å². The quantitative estimate of drug-likeness (QED) is 0.0503. The van der Waals surface area contributed by atoms with Crippen molar-refractivity contribution in [2.75, 3.05) is 13.2 Å². The monoisotopic (exact) mass is 705 g/mol. The minimum Gasteiger partial charge on any atom is -0.481 e. The summed E-state index contributed by atoms with van der Waals surface area (Å²) in [4.78, 5) is 91.4. The molecule has 1 aromatic carbocycles. The zero-order valence-corrected chi connectivity index (χ0v) is 26.7. The van der Waals surface area contributed by atoms with Crippen molar-refractivity contribution in [2.24, 2.45) is 0 Å². The van der Waals surface area contributed by atoms with Gasteiger partial charge in [-0.2, -0.15) is 0 Å². The molecule has 1 unspecified atom stereocenters. The molecule has 3 amide bonds. The highest BCUT2D eigenvalue weighted by atomic mass is 31.2. The first-order valence-corrected chi connectivity index (χ1v) is 16.4. The van der Waals surface area contributed by atoms with Gasteiger partial charge in [0.15, 0.2) is 0 Å². The number of carboxylic acids is 4. The molecule has 20 heteroatoms. The number of amides is 3. The molecule has 48 heavy (non-hydrogen) atoms. The molecule has 1 rings (SSSR count). The third-order valence-corrected chi connectivity index (χ3v) is 7.74. The average Bonchev–Trinajstić information content (AvgIpc) is 3.00. The maximum atomic E-state index is 13.0. The number of aliphatic carboxylic acids is 4. The first kappa shape index (κ1) is 41.6. The van der Waals surface area contributed by atoms with Crippen LogP contribution in [-0.2, 0) is 37.9 Å². The Kier molecular flexibility index (Phi) is 18.6. The highest BCUT2D eigenvalue weighted by Crippen LogP contribution is 2.38. The van der Waals surface area contributed by atoms with Crippen LogP contribution in [0.15, 0.2) is 24.3 Å². The molecule has 0 bridgehead atoms. The summed E-state index contributed by atoms with van der Waals surface area (Å²) in [6.07, 6.45) is -1.02. The molecule has 1 aromatic rings. The van der Waals surface area contributed by atoms with Crippen molar-refractivity contribution >= 4 is 49.3 Å². The molecular weight excluding hydrogens is 665 g/mol. The standard InChI is InChI=1S/C28H40FN4O14P/c29-18-9-7-17(8-10-18)25(38)30-15-3-1-2-6-22(34)32-20(27(41)42)11-13-23(35)31-19(26(39)40)5-4-16-47-48(45,46)33-21(28(43)44)12-14-24(36)37/h7-10,19-21H,1-6,11-16H2,(H,30,38)(H,31,35)(H,32,34)(H,36,37)(H,39,40)(H,41,42)(H,43,44)(H2,33,45,46)/t19-,20-,21-/m0/s1/i29-1. The Morgan fingerprint density at radius 1 is 0.708 bits per heavy atom. The molecule has 0 aromatic heterocycles. The summed E-state index contributed by atoms with van der Waals surface area (Å²) in [6, 6.07) is 0.375. The van der Waals surface area contributed by atoms with Gasteiger partial charge in [0.1, 0.15) is 23.9 Å². The number of carbonyl (C=O) groups excluding carboxylic acids is 3. The zero-order valence-electron chi connectivity index (χ0n) is 25.8.